The first-order valence-electron chi connectivity index (χ1n) is 7.21. The minimum atomic E-state index is -0.964. The van der Waals surface area contributed by atoms with Crippen LogP contribution in [0.2, 0.25) is 0 Å². The Morgan fingerprint density at radius 1 is 0.957 bits per heavy atom. The lowest BCUT2D eigenvalue weighted by molar-refractivity contribution is 0.0697. The summed E-state index contributed by atoms with van der Waals surface area (Å²) >= 11 is 0. The van der Waals surface area contributed by atoms with Crippen molar-refractivity contribution >= 4 is 5.97 Å². The number of aryl methyl sites for hydroxylation is 3. The van der Waals surface area contributed by atoms with Crippen molar-refractivity contribution < 1.29 is 14.3 Å². The number of rotatable bonds is 3. The molecule has 1 heterocycles. The fourth-order valence-corrected chi connectivity index (χ4v) is 2.71. The van der Waals surface area contributed by atoms with Gasteiger partial charge in [-0.2, -0.15) is 0 Å². The highest BCUT2D eigenvalue weighted by Gasteiger charge is 2.15. The molecule has 0 aliphatic carbocycles. The van der Waals surface area contributed by atoms with Crippen LogP contribution in [-0.4, -0.2) is 21.3 Å². The van der Waals surface area contributed by atoms with Crippen LogP contribution < -0.4 is 0 Å². The molecule has 5 nitrogen and oxygen atoms in total. The molecular weight excluding hydrogens is 292 g/mol. The Labute approximate surface area is 133 Å². The quantitative estimate of drug-likeness (QED) is 0.790. The summed E-state index contributed by atoms with van der Waals surface area (Å²) in [5, 5.41) is 17.1. The normalized spacial score (nSPS) is 10.7. The molecule has 116 valence electrons. The maximum Gasteiger partial charge on any atom is 0.335 e. The predicted octanol–water partition coefficient (Wildman–Crippen LogP) is 4.03. The number of benzene rings is 2. The van der Waals surface area contributed by atoms with Gasteiger partial charge < -0.3 is 9.52 Å². The van der Waals surface area contributed by atoms with Gasteiger partial charge in [0.15, 0.2) is 0 Å². The second-order valence-corrected chi connectivity index (χ2v) is 5.57. The van der Waals surface area contributed by atoms with E-state index in [9.17, 15) is 4.79 Å². The van der Waals surface area contributed by atoms with E-state index in [2.05, 4.69) is 22.3 Å². The van der Waals surface area contributed by atoms with Gasteiger partial charge in [-0.3, -0.25) is 0 Å². The summed E-state index contributed by atoms with van der Waals surface area (Å²) in [4.78, 5) is 10.9. The van der Waals surface area contributed by atoms with E-state index in [1.54, 1.807) is 12.1 Å². The van der Waals surface area contributed by atoms with Gasteiger partial charge in [0.1, 0.15) is 0 Å². The van der Waals surface area contributed by atoms with Crippen LogP contribution in [0.15, 0.2) is 40.8 Å². The Hall–Kier alpha value is -2.95. The molecule has 0 aliphatic rings. The third-order valence-electron chi connectivity index (χ3n) is 3.69. The van der Waals surface area contributed by atoms with E-state index >= 15 is 0 Å². The minimum absolute atomic E-state index is 0.221. The lowest BCUT2D eigenvalue weighted by atomic mass is 10.00. The van der Waals surface area contributed by atoms with Crippen LogP contribution in [0.5, 0.6) is 0 Å². The molecule has 0 atom stereocenters. The van der Waals surface area contributed by atoms with E-state index in [-0.39, 0.29) is 5.56 Å². The molecule has 0 saturated carbocycles. The van der Waals surface area contributed by atoms with Gasteiger partial charge >= 0.3 is 5.97 Å². The van der Waals surface area contributed by atoms with Crippen molar-refractivity contribution in [2.45, 2.75) is 20.8 Å². The summed E-state index contributed by atoms with van der Waals surface area (Å²) in [6.07, 6.45) is 0. The Kier molecular flexibility index (Phi) is 3.70. The monoisotopic (exact) mass is 308 g/mol. The smallest absolute Gasteiger partial charge is 0.335 e. The average Bonchev–Trinajstić information content (AvgIpc) is 2.95. The molecule has 3 rings (SSSR count). The lowest BCUT2D eigenvalue weighted by Gasteiger charge is -2.07. The maximum atomic E-state index is 10.9. The van der Waals surface area contributed by atoms with Crippen LogP contribution >= 0.6 is 0 Å². The highest BCUT2D eigenvalue weighted by molar-refractivity contribution is 5.88. The zero-order valence-corrected chi connectivity index (χ0v) is 13.1. The molecule has 0 bridgehead atoms. The van der Waals surface area contributed by atoms with Gasteiger partial charge in [0, 0.05) is 11.1 Å². The standard InChI is InChI=1S/C18H16N2O3/c1-10-8-11(2)15(12(3)9-10)17-20-19-16(23-17)13-4-6-14(7-5-13)18(21)22/h4-9H,1-3H3,(H,21,22). The van der Waals surface area contributed by atoms with Crippen molar-refractivity contribution in [2.75, 3.05) is 0 Å². The fraction of sp³-hybridized carbons (Fsp3) is 0.167. The van der Waals surface area contributed by atoms with Gasteiger partial charge in [-0.05, 0) is 56.2 Å². The van der Waals surface area contributed by atoms with Crippen LogP contribution in [0.25, 0.3) is 22.9 Å². The number of carboxylic acid groups (broad SMARTS) is 1. The Morgan fingerprint density at radius 2 is 1.52 bits per heavy atom. The minimum Gasteiger partial charge on any atom is -0.478 e. The second kappa shape index (κ2) is 5.68. The van der Waals surface area contributed by atoms with Gasteiger partial charge in [0.2, 0.25) is 11.8 Å². The van der Waals surface area contributed by atoms with E-state index in [4.69, 9.17) is 9.52 Å². The molecule has 0 aliphatic heterocycles. The Balaban J connectivity index is 1.99. The second-order valence-electron chi connectivity index (χ2n) is 5.57. The highest BCUT2D eigenvalue weighted by atomic mass is 16.4. The summed E-state index contributed by atoms with van der Waals surface area (Å²) in [6.45, 7) is 6.08. The van der Waals surface area contributed by atoms with E-state index in [1.165, 1.54) is 17.7 Å². The molecule has 0 amide bonds. The summed E-state index contributed by atoms with van der Waals surface area (Å²) in [5.41, 5.74) is 5.21. The fourth-order valence-electron chi connectivity index (χ4n) is 2.71. The topological polar surface area (TPSA) is 76.2 Å². The summed E-state index contributed by atoms with van der Waals surface area (Å²) in [5.74, 6) is -0.123. The molecule has 2 aromatic carbocycles. The van der Waals surface area contributed by atoms with Gasteiger partial charge in [0.05, 0.1) is 5.56 Å². The number of aromatic carboxylic acids is 1. The number of carbonyl (C=O) groups is 1. The summed E-state index contributed by atoms with van der Waals surface area (Å²) in [6, 6.07) is 10.5. The average molecular weight is 308 g/mol. The number of hydrogen-bond acceptors (Lipinski definition) is 4. The van der Waals surface area contributed by atoms with Gasteiger partial charge in [-0.1, -0.05) is 17.7 Å². The van der Waals surface area contributed by atoms with Gasteiger partial charge in [-0.25, -0.2) is 4.79 Å². The first kappa shape index (κ1) is 15.0. The number of carboxylic acids is 1. The summed E-state index contributed by atoms with van der Waals surface area (Å²) in [7, 11) is 0. The molecule has 5 heteroatoms. The van der Waals surface area contributed by atoms with Crippen LogP contribution in [0, 0.1) is 20.8 Å². The summed E-state index contributed by atoms with van der Waals surface area (Å²) < 4.78 is 5.79. The van der Waals surface area contributed by atoms with Crippen LogP contribution in [0.1, 0.15) is 27.0 Å². The van der Waals surface area contributed by atoms with E-state index < -0.39 is 5.97 Å². The molecule has 0 fully saturated rings. The van der Waals surface area contributed by atoms with Crippen LogP contribution in [0.4, 0.5) is 0 Å². The van der Waals surface area contributed by atoms with Crippen molar-refractivity contribution in [2.24, 2.45) is 0 Å². The largest absolute Gasteiger partial charge is 0.478 e. The van der Waals surface area contributed by atoms with Crippen molar-refractivity contribution in [3.05, 3.63) is 58.7 Å². The SMILES string of the molecule is Cc1cc(C)c(-c2nnc(-c3ccc(C(=O)O)cc3)o2)c(C)c1. The van der Waals surface area contributed by atoms with E-state index in [1.807, 2.05) is 20.8 Å². The maximum absolute atomic E-state index is 10.9. The molecule has 1 N–H and O–H groups in total. The number of aromatic nitrogens is 2. The zero-order chi connectivity index (χ0) is 16.6. The molecule has 0 unspecified atom stereocenters. The van der Waals surface area contributed by atoms with Crippen LogP contribution in [-0.2, 0) is 0 Å². The molecule has 0 radical (unpaired) electrons. The zero-order valence-electron chi connectivity index (χ0n) is 13.1. The molecule has 3 aromatic rings. The molecule has 0 saturated heterocycles. The van der Waals surface area contributed by atoms with Crippen molar-refractivity contribution in [3.63, 3.8) is 0 Å². The highest BCUT2D eigenvalue weighted by Crippen LogP contribution is 2.29. The molecule has 1 aromatic heterocycles. The first-order valence-corrected chi connectivity index (χ1v) is 7.21. The molecule has 0 spiro atoms. The number of nitrogens with zero attached hydrogens (tertiary/aromatic N) is 2. The third-order valence-corrected chi connectivity index (χ3v) is 3.69. The molecule has 23 heavy (non-hydrogen) atoms. The van der Waals surface area contributed by atoms with Crippen molar-refractivity contribution in [1.29, 1.82) is 0 Å². The van der Waals surface area contributed by atoms with Crippen molar-refractivity contribution in [3.8, 4) is 22.9 Å². The van der Waals surface area contributed by atoms with Crippen LogP contribution in [0.3, 0.4) is 0 Å². The Morgan fingerprint density at radius 3 is 2.09 bits per heavy atom. The lowest BCUT2D eigenvalue weighted by Crippen LogP contribution is -1.94. The van der Waals surface area contributed by atoms with Crippen molar-refractivity contribution in [1.82, 2.24) is 10.2 Å². The van der Waals surface area contributed by atoms with E-state index in [0.717, 1.165) is 16.7 Å². The number of hydrogen-bond donors (Lipinski definition) is 1. The predicted molar refractivity (Wildman–Crippen MR) is 86.3 cm³/mol. The Bertz CT molecular complexity index is 857. The molecular formula is C18H16N2O3. The van der Waals surface area contributed by atoms with Gasteiger partial charge in [0.25, 0.3) is 0 Å². The first-order chi connectivity index (χ1) is 11.0. The van der Waals surface area contributed by atoms with E-state index in [0.29, 0.717) is 17.3 Å². The van der Waals surface area contributed by atoms with Gasteiger partial charge in [-0.15, -0.1) is 10.2 Å². The third kappa shape index (κ3) is 2.85.